The van der Waals surface area contributed by atoms with E-state index in [1.807, 2.05) is 0 Å². The van der Waals surface area contributed by atoms with Crippen molar-refractivity contribution in [2.75, 3.05) is 0 Å². The maximum atomic E-state index is 5.65. The van der Waals surface area contributed by atoms with E-state index < -0.39 is 0 Å². The molecule has 1 atom stereocenters. The predicted octanol–water partition coefficient (Wildman–Crippen LogP) is 2.30. The van der Waals surface area contributed by atoms with Crippen molar-refractivity contribution in [3.8, 4) is 5.88 Å². The van der Waals surface area contributed by atoms with Crippen LogP contribution in [0.5, 0.6) is 5.88 Å². The van der Waals surface area contributed by atoms with Crippen LogP contribution in [0.15, 0.2) is 12.4 Å². The molecule has 0 aliphatic heterocycles. The highest BCUT2D eigenvalue weighted by molar-refractivity contribution is 5.07. The third kappa shape index (κ3) is 4.30. The van der Waals surface area contributed by atoms with Gasteiger partial charge in [0.15, 0.2) is 0 Å². The largest absolute Gasteiger partial charge is 0.474 e. The van der Waals surface area contributed by atoms with Crippen LogP contribution >= 0.6 is 0 Å². The molecule has 2 rings (SSSR count). The molecule has 1 fully saturated rings. The first-order chi connectivity index (χ1) is 8.28. The van der Waals surface area contributed by atoms with E-state index in [1.165, 1.54) is 12.8 Å². The Morgan fingerprint density at radius 3 is 2.82 bits per heavy atom. The third-order valence-electron chi connectivity index (χ3n) is 2.85. The predicted molar refractivity (Wildman–Crippen MR) is 66.9 cm³/mol. The summed E-state index contributed by atoms with van der Waals surface area (Å²) in [7, 11) is 0. The SMILES string of the molecule is CCCC(C)Oc1cnc(CNC2CC2)cn1. The van der Waals surface area contributed by atoms with Gasteiger partial charge in [-0.05, 0) is 26.2 Å². The van der Waals surface area contributed by atoms with Gasteiger partial charge >= 0.3 is 0 Å². The normalized spacial score (nSPS) is 16.8. The van der Waals surface area contributed by atoms with Crippen molar-refractivity contribution >= 4 is 0 Å². The summed E-state index contributed by atoms with van der Waals surface area (Å²) in [6, 6.07) is 0.706. The van der Waals surface area contributed by atoms with E-state index in [1.54, 1.807) is 12.4 Å². The van der Waals surface area contributed by atoms with Gasteiger partial charge in [0.1, 0.15) is 0 Å². The van der Waals surface area contributed by atoms with Crippen molar-refractivity contribution in [3.05, 3.63) is 18.1 Å². The zero-order valence-corrected chi connectivity index (χ0v) is 10.6. The van der Waals surface area contributed by atoms with Crippen molar-refractivity contribution in [2.45, 2.75) is 58.2 Å². The molecule has 0 spiro atoms. The van der Waals surface area contributed by atoms with E-state index in [-0.39, 0.29) is 6.10 Å². The highest BCUT2D eigenvalue weighted by Gasteiger charge is 2.20. The Labute approximate surface area is 103 Å². The first-order valence-electron chi connectivity index (χ1n) is 6.49. The van der Waals surface area contributed by atoms with Crippen LogP contribution in [0.1, 0.15) is 45.2 Å². The second kappa shape index (κ2) is 5.96. The molecule has 1 heterocycles. The molecule has 4 nitrogen and oxygen atoms in total. The number of ether oxygens (including phenoxy) is 1. The molecule has 1 aromatic rings. The summed E-state index contributed by atoms with van der Waals surface area (Å²) in [6.45, 7) is 5.02. The fourth-order valence-electron chi connectivity index (χ4n) is 1.70. The van der Waals surface area contributed by atoms with Crippen LogP contribution in [0.3, 0.4) is 0 Å². The average molecular weight is 235 g/mol. The van der Waals surface area contributed by atoms with Crippen LogP contribution in [-0.4, -0.2) is 22.1 Å². The average Bonchev–Trinajstić information content (AvgIpc) is 3.12. The molecule has 4 heteroatoms. The van der Waals surface area contributed by atoms with Gasteiger partial charge in [-0.25, -0.2) is 4.98 Å². The molecule has 1 unspecified atom stereocenters. The van der Waals surface area contributed by atoms with Crippen molar-refractivity contribution in [2.24, 2.45) is 0 Å². The first kappa shape index (κ1) is 12.3. The van der Waals surface area contributed by atoms with Crippen LogP contribution in [0, 0.1) is 0 Å². The Bertz CT molecular complexity index is 335. The van der Waals surface area contributed by atoms with Gasteiger partial charge in [0, 0.05) is 12.6 Å². The van der Waals surface area contributed by atoms with Crippen molar-refractivity contribution in [1.29, 1.82) is 0 Å². The van der Waals surface area contributed by atoms with E-state index >= 15 is 0 Å². The topological polar surface area (TPSA) is 47.0 Å². The summed E-state index contributed by atoms with van der Waals surface area (Å²) in [5, 5.41) is 3.41. The third-order valence-corrected chi connectivity index (χ3v) is 2.85. The summed E-state index contributed by atoms with van der Waals surface area (Å²) >= 11 is 0. The molecule has 1 aromatic heterocycles. The highest BCUT2D eigenvalue weighted by Crippen LogP contribution is 2.19. The van der Waals surface area contributed by atoms with Gasteiger partial charge in [0.25, 0.3) is 0 Å². The molecule has 0 bridgehead atoms. The fourth-order valence-corrected chi connectivity index (χ4v) is 1.70. The van der Waals surface area contributed by atoms with E-state index in [4.69, 9.17) is 4.74 Å². The van der Waals surface area contributed by atoms with Gasteiger partial charge in [-0.2, -0.15) is 0 Å². The maximum absolute atomic E-state index is 5.65. The highest BCUT2D eigenvalue weighted by atomic mass is 16.5. The monoisotopic (exact) mass is 235 g/mol. The molecule has 1 aliphatic rings. The first-order valence-corrected chi connectivity index (χ1v) is 6.49. The molecule has 17 heavy (non-hydrogen) atoms. The van der Waals surface area contributed by atoms with E-state index in [0.29, 0.717) is 11.9 Å². The van der Waals surface area contributed by atoms with Crippen LogP contribution in [-0.2, 0) is 6.54 Å². The summed E-state index contributed by atoms with van der Waals surface area (Å²) in [5.41, 5.74) is 0.979. The minimum atomic E-state index is 0.213. The standard InChI is InChI=1S/C13H21N3O/c1-3-4-10(2)17-13-9-15-12(8-16-13)7-14-11-5-6-11/h8-11,14H,3-7H2,1-2H3. The molecule has 0 aromatic carbocycles. The lowest BCUT2D eigenvalue weighted by Crippen LogP contribution is -2.17. The van der Waals surface area contributed by atoms with Crippen LogP contribution in [0.2, 0.25) is 0 Å². The van der Waals surface area contributed by atoms with Crippen molar-refractivity contribution in [3.63, 3.8) is 0 Å². The number of hydrogen-bond acceptors (Lipinski definition) is 4. The summed E-state index contributed by atoms with van der Waals surface area (Å²) in [6.07, 6.45) is 8.49. The van der Waals surface area contributed by atoms with Gasteiger partial charge in [0.2, 0.25) is 5.88 Å². The molecule has 1 aliphatic carbocycles. The Balaban J connectivity index is 1.79. The Kier molecular flexibility index (Phi) is 4.31. The lowest BCUT2D eigenvalue weighted by atomic mass is 10.2. The molecule has 0 amide bonds. The molecular formula is C13H21N3O. The van der Waals surface area contributed by atoms with Gasteiger partial charge < -0.3 is 10.1 Å². The quantitative estimate of drug-likeness (QED) is 0.787. The summed E-state index contributed by atoms with van der Waals surface area (Å²) < 4.78 is 5.65. The Morgan fingerprint density at radius 1 is 1.41 bits per heavy atom. The second-order valence-electron chi connectivity index (χ2n) is 4.72. The molecule has 0 radical (unpaired) electrons. The molecular weight excluding hydrogens is 214 g/mol. The number of nitrogens with one attached hydrogen (secondary N) is 1. The second-order valence-corrected chi connectivity index (χ2v) is 4.72. The molecule has 94 valence electrons. The Hall–Kier alpha value is -1.16. The van der Waals surface area contributed by atoms with Gasteiger partial charge in [-0.1, -0.05) is 13.3 Å². The minimum absolute atomic E-state index is 0.213. The smallest absolute Gasteiger partial charge is 0.232 e. The van der Waals surface area contributed by atoms with Crippen molar-refractivity contribution in [1.82, 2.24) is 15.3 Å². The molecule has 0 saturated heterocycles. The maximum Gasteiger partial charge on any atom is 0.232 e. The number of hydrogen-bond donors (Lipinski definition) is 1. The number of nitrogens with zero attached hydrogens (tertiary/aromatic N) is 2. The van der Waals surface area contributed by atoms with Crippen molar-refractivity contribution < 1.29 is 4.74 Å². The van der Waals surface area contributed by atoms with Gasteiger partial charge in [-0.3, -0.25) is 4.98 Å². The van der Waals surface area contributed by atoms with E-state index in [2.05, 4.69) is 29.1 Å². The number of rotatable bonds is 7. The Morgan fingerprint density at radius 2 is 2.24 bits per heavy atom. The van der Waals surface area contributed by atoms with E-state index in [9.17, 15) is 0 Å². The van der Waals surface area contributed by atoms with Crippen LogP contribution < -0.4 is 10.1 Å². The lowest BCUT2D eigenvalue weighted by Gasteiger charge is -2.12. The minimum Gasteiger partial charge on any atom is -0.474 e. The van der Waals surface area contributed by atoms with Crippen LogP contribution in [0.25, 0.3) is 0 Å². The summed E-state index contributed by atoms with van der Waals surface area (Å²) in [5.74, 6) is 0.626. The fraction of sp³-hybridized carbons (Fsp3) is 0.692. The molecule has 1 N–H and O–H groups in total. The van der Waals surface area contributed by atoms with E-state index in [0.717, 1.165) is 25.1 Å². The van der Waals surface area contributed by atoms with Crippen LogP contribution in [0.4, 0.5) is 0 Å². The van der Waals surface area contributed by atoms with Gasteiger partial charge in [0.05, 0.1) is 24.2 Å². The lowest BCUT2D eigenvalue weighted by molar-refractivity contribution is 0.200. The number of aromatic nitrogens is 2. The zero-order valence-electron chi connectivity index (χ0n) is 10.6. The summed E-state index contributed by atoms with van der Waals surface area (Å²) in [4.78, 5) is 8.62. The molecule has 1 saturated carbocycles. The van der Waals surface area contributed by atoms with Gasteiger partial charge in [-0.15, -0.1) is 0 Å². The zero-order chi connectivity index (χ0) is 12.1.